The number of hydrogen-bond acceptors (Lipinski definition) is 0. The van der Waals surface area contributed by atoms with Crippen molar-refractivity contribution in [3.8, 4) is 0 Å². The van der Waals surface area contributed by atoms with Crippen molar-refractivity contribution in [2.45, 2.75) is 11.2 Å². The Kier molecular flexibility index (Phi) is 15.9. The highest BCUT2D eigenvalue weighted by Gasteiger charge is 1.79. The first-order valence-corrected chi connectivity index (χ1v) is 8.98. The smallest absolute Gasteiger partial charge is 0.0985 e. The summed E-state index contributed by atoms with van der Waals surface area (Å²) in [4.78, 5) is 0. The van der Waals surface area contributed by atoms with E-state index < -0.39 is 4.30 Å². The van der Waals surface area contributed by atoms with E-state index >= 15 is 0 Å². The molecule has 0 aliphatic heterocycles. The van der Waals surface area contributed by atoms with Crippen molar-refractivity contribution in [3.63, 3.8) is 0 Å². The lowest BCUT2D eigenvalue weighted by Crippen LogP contribution is -1.63. The highest BCUT2D eigenvalue weighted by Crippen LogP contribution is 2.03. The van der Waals surface area contributed by atoms with E-state index in [1.165, 1.54) is 11.1 Å². The van der Waals surface area contributed by atoms with Crippen LogP contribution in [-0.4, -0.2) is 4.30 Å². The highest BCUT2D eigenvalue weighted by atomic mass is 35.6. The van der Waals surface area contributed by atoms with Gasteiger partial charge in [-0.2, -0.15) is 0 Å². The molecule has 0 spiro atoms. The minimum Gasteiger partial charge on any atom is -0.0985 e. The Labute approximate surface area is 166 Å². The third kappa shape index (κ3) is 18.4. The Morgan fingerprint density at radius 3 is 1.12 bits per heavy atom. The minimum atomic E-state index is -0.750. The largest absolute Gasteiger partial charge is 0.180 e. The molecule has 0 radical (unpaired) electrons. The maximum atomic E-state index is 4.81. The Morgan fingerprint density at radius 1 is 0.640 bits per heavy atom. The van der Waals surface area contributed by atoms with Crippen LogP contribution in [-0.2, 0) is 0 Å². The molecular formula is C22H23Cl3. The summed E-state index contributed by atoms with van der Waals surface area (Å²) in [7, 11) is 0. The van der Waals surface area contributed by atoms with Gasteiger partial charge in [-0.25, -0.2) is 0 Å². The van der Waals surface area contributed by atoms with E-state index in [1.807, 2.05) is 91.0 Å². The lowest BCUT2D eigenvalue weighted by Gasteiger charge is -1.85. The fraction of sp³-hybridized carbons (Fsp3) is 0.0909. The molecule has 0 aromatic heterocycles. The van der Waals surface area contributed by atoms with Crippen molar-refractivity contribution >= 4 is 40.9 Å². The summed E-state index contributed by atoms with van der Waals surface area (Å²) in [6.45, 7) is 5.71. The SMILES string of the molecule is C=Cc1ccccc1.Cc1ccccc1.ClC(Cl)Cl.c1ccccc1. The van der Waals surface area contributed by atoms with Gasteiger partial charge in [-0.05, 0) is 12.5 Å². The Morgan fingerprint density at radius 2 is 0.920 bits per heavy atom. The number of rotatable bonds is 1. The van der Waals surface area contributed by atoms with E-state index in [-0.39, 0.29) is 0 Å². The van der Waals surface area contributed by atoms with Gasteiger partial charge in [0.1, 0.15) is 0 Å². The van der Waals surface area contributed by atoms with Crippen molar-refractivity contribution in [1.29, 1.82) is 0 Å². The number of benzene rings is 3. The van der Waals surface area contributed by atoms with Gasteiger partial charge in [0, 0.05) is 0 Å². The maximum Gasteiger partial charge on any atom is 0.180 e. The van der Waals surface area contributed by atoms with E-state index in [0.717, 1.165) is 0 Å². The number of halogens is 3. The molecule has 0 saturated carbocycles. The van der Waals surface area contributed by atoms with Crippen LogP contribution >= 0.6 is 34.8 Å². The van der Waals surface area contributed by atoms with Gasteiger partial charge >= 0.3 is 0 Å². The molecule has 0 amide bonds. The highest BCUT2D eigenvalue weighted by molar-refractivity contribution is 6.63. The Bertz CT molecular complexity index is 594. The molecule has 0 atom stereocenters. The third-order valence-electron chi connectivity index (χ3n) is 2.64. The number of alkyl halides is 3. The number of aryl methyl sites for hydroxylation is 1. The van der Waals surface area contributed by atoms with E-state index in [4.69, 9.17) is 34.8 Å². The second kappa shape index (κ2) is 17.1. The molecule has 0 aliphatic rings. The fourth-order valence-electron chi connectivity index (χ4n) is 1.51. The first-order chi connectivity index (χ1) is 12.1. The summed E-state index contributed by atoms with van der Waals surface area (Å²) in [6, 6.07) is 32.3. The van der Waals surface area contributed by atoms with Crippen molar-refractivity contribution in [2.75, 3.05) is 0 Å². The van der Waals surface area contributed by atoms with Crippen LogP contribution in [0, 0.1) is 6.92 Å². The summed E-state index contributed by atoms with van der Waals surface area (Å²) in [5.74, 6) is 0. The van der Waals surface area contributed by atoms with Crippen LogP contribution in [0.25, 0.3) is 6.08 Å². The molecule has 0 unspecified atom stereocenters. The van der Waals surface area contributed by atoms with Crippen molar-refractivity contribution in [2.24, 2.45) is 0 Å². The minimum absolute atomic E-state index is 0.750. The van der Waals surface area contributed by atoms with E-state index in [2.05, 4.69) is 25.6 Å². The van der Waals surface area contributed by atoms with Crippen LogP contribution in [0.1, 0.15) is 11.1 Å². The second-order valence-electron chi connectivity index (χ2n) is 4.67. The molecule has 0 saturated heterocycles. The van der Waals surface area contributed by atoms with Crippen LogP contribution in [0.15, 0.2) is 104 Å². The molecule has 3 aromatic rings. The normalized spacial score (nSPS) is 8.52. The molecule has 3 heteroatoms. The Hall–Kier alpha value is -1.73. The quantitative estimate of drug-likeness (QED) is 0.367. The molecule has 0 fully saturated rings. The van der Waals surface area contributed by atoms with Gasteiger partial charge in [-0.3, -0.25) is 0 Å². The van der Waals surface area contributed by atoms with Crippen LogP contribution in [0.3, 0.4) is 0 Å². The topological polar surface area (TPSA) is 0 Å². The zero-order valence-electron chi connectivity index (χ0n) is 14.2. The maximum absolute atomic E-state index is 4.81. The summed E-state index contributed by atoms with van der Waals surface area (Å²) in [5, 5.41) is 0. The molecule has 132 valence electrons. The van der Waals surface area contributed by atoms with Crippen molar-refractivity contribution in [1.82, 2.24) is 0 Å². The zero-order chi connectivity index (χ0) is 18.8. The van der Waals surface area contributed by atoms with E-state index in [0.29, 0.717) is 0 Å². The Balaban J connectivity index is 0.000000316. The van der Waals surface area contributed by atoms with Gasteiger partial charge < -0.3 is 0 Å². The first kappa shape index (κ1) is 23.3. The lowest BCUT2D eigenvalue weighted by molar-refractivity contribution is 1.48. The van der Waals surface area contributed by atoms with E-state index in [9.17, 15) is 0 Å². The summed E-state index contributed by atoms with van der Waals surface area (Å²) in [6.07, 6.45) is 1.83. The van der Waals surface area contributed by atoms with Gasteiger partial charge in [0.2, 0.25) is 0 Å². The standard InChI is InChI=1S/C8H8.C7H8.C6H6.CHCl3/c1-2-8-6-4-3-5-7-8;1-7-5-3-2-4-6-7;1-2-4-6-5-3-1;2-1(3)4/h2-7H,1H2;2-6H,1H3;1-6H;1H. The van der Waals surface area contributed by atoms with Gasteiger partial charge in [-0.1, -0.05) is 150 Å². The first-order valence-electron chi connectivity index (χ1n) is 7.67. The van der Waals surface area contributed by atoms with Crippen LogP contribution in [0.2, 0.25) is 0 Å². The fourth-order valence-corrected chi connectivity index (χ4v) is 1.51. The lowest BCUT2D eigenvalue weighted by atomic mass is 10.2. The summed E-state index contributed by atoms with van der Waals surface area (Å²) >= 11 is 14.4. The van der Waals surface area contributed by atoms with Crippen LogP contribution in [0.5, 0.6) is 0 Å². The predicted molar refractivity (Wildman–Crippen MR) is 116 cm³/mol. The molecule has 0 nitrogen and oxygen atoms in total. The van der Waals surface area contributed by atoms with Crippen molar-refractivity contribution in [3.05, 3.63) is 115 Å². The van der Waals surface area contributed by atoms with Crippen LogP contribution in [0.4, 0.5) is 0 Å². The molecular weight excluding hydrogens is 371 g/mol. The third-order valence-corrected chi connectivity index (χ3v) is 2.64. The molecule has 0 bridgehead atoms. The molecule has 25 heavy (non-hydrogen) atoms. The summed E-state index contributed by atoms with van der Waals surface area (Å²) < 4.78 is -0.750. The molecule has 0 aliphatic carbocycles. The van der Waals surface area contributed by atoms with Gasteiger partial charge in [0.25, 0.3) is 0 Å². The molecule has 3 rings (SSSR count). The molecule has 0 N–H and O–H groups in total. The van der Waals surface area contributed by atoms with Gasteiger partial charge in [0.05, 0.1) is 0 Å². The average molecular weight is 394 g/mol. The predicted octanol–water partition coefficient (Wildman–Crippen LogP) is 8.00. The number of hydrogen-bond donors (Lipinski definition) is 0. The van der Waals surface area contributed by atoms with Gasteiger partial charge in [-0.15, -0.1) is 0 Å². The van der Waals surface area contributed by atoms with Crippen LogP contribution < -0.4 is 0 Å². The van der Waals surface area contributed by atoms with Gasteiger partial charge in [0.15, 0.2) is 4.30 Å². The van der Waals surface area contributed by atoms with E-state index in [1.54, 1.807) is 0 Å². The molecule has 0 heterocycles. The summed E-state index contributed by atoms with van der Waals surface area (Å²) in [5.41, 5.74) is 2.50. The molecule has 3 aromatic carbocycles. The average Bonchev–Trinajstić information content (AvgIpc) is 2.65. The second-order valence-corrected chi connectivity index (χ2v) is 6.65. The monoisotopic (exact) mass is 392 g/mol. The zero-order valence-corrected chi connectivity index (χ0v) is 16.5. The van der Waals surface area contributed by atoms with Crippen molar-refractivity contribution < 1.29 is 0 Å².